The number of rotatable bonds is 8. The molecule has 1 fully saturated rings. The second-order valence-corrected chi connectivity index (χ2v) is 8.26. The summed E-state index contributed by atoms with van der Waals surface area (Å²) in [7, 11) is 0. The third-order valence-electron chi connectivity index (χ3n) is 5.87. The van der Waals surface area contributed by atoms with Crippen molar-refractivity contribution >= 4 is 23.1 Å². The number of aliphatic hydroxyl groups excluding tert-OH is 1. The Bertz CT molecular complexity index is 1260. The lowest BCUT2D eigenvalue weighted by Gasteiger charge is -2.25. The molecule has 3 aromatic rings. The molecule has 180 valence electrons. The van der Waals surface area contributed by atoms with Crippen molar-refractivity contribution in [1.29, 1.82) is 0 Å². The van der Waals surface area contributed by atoms with Gasteiger partial charge in [-0.25, -0.2) is 8.78 Å². The molecule has 0 aliphatic carbocycles. The molecule has 0 bridgehead atoms. The van der Waals surface area contributed by atoms with E-state index in [2.05, 4.69) is 6.92 Å². The number of carbonyl (C=O) groups excluding carboxylic acids is 2. The summed E-state index contributed by atoms with van der Waals surface area (Å²) in [5.41, 5.74) is 0.176. The second-order valence-electron chi connectivity index (χ2n) is 8.26. The van der Waals surface area contributed by atoms with E-state index in [1.165, 1.54) is 0 Å². The van der Waals surface area contributed by atoms with Crippen molar-refractivity contribution in [3.63, 3.8) is 0 Å². The number of benzene rings is 3. The number of nitrogens with zero attached hydrogens (tertiary/aromatic N) is 1. The van der Waals surface area contributed by atoms with Crippen molar-refractivity contribution in [2.24, 2.45) is 0 Å². The smallest absolute Gasteiger partial charge is 0.300 e. The number of Topliss-reactive ketones (excluding diaryl/α,β-unsaturated/α-hetero) is 1. The average Bonchev–Trinajstić information content (AvgIpc) is 3.14. The molecule has 1 N–H and O–H groups in total. The van der Waals surface area contributed by atoms with Crippen LogP contribution >= 0.6 is 0 Å². The SMILES string of the molecule is CCCCCOc1ccc(/C(O)=C2\C(=O)C(=O)N(c3cc(F)ccc3F)C2c2ccccc2)cc1. The minimum Gasteiger partial charge on any atom is -0.507 e. The van der Waals surface area contributed by atoms with E-state index in [4.69, 9.17) is 4.74 Å². The Morgan fingerprint density at radius 3 is 2.37 bits per heavy atom. The molecular formula is C28H25F2NO4. The zero-order valence-corrected chi connectivity index (χ0v) is 19.2. The van der Waals surface area contributed by atoms with Gasteiger partial charge < -0.3 is 9.84 Å². The Kier molecular flexibility index (Phi) is 7.25. The van der Waals surface area contributed by atoms with Gasteiger partial charge in [-0.2, -0.15) is 0 Å². The molecule has 0 saturated carbocycles. The van der Waals surface area contributed by atoms with Gasteiger partial charge in [0, 0.05) is 11.6 Å². The first-order valence-corrected chi connectivity index (χ1v) is 11.5. The first-order valence-electron chi connectivity index (χ1n) is 11.5. The zero-order valence-electron chi connectivity index (χ0n) is 19.2. The lowest BCUT2D eigenvalue weighted by Crippen LogP contribution is -2.30. The largest absolute Gasteiger partial charge is 0.507 e. The van der Waals surface area contributed by atoms with Crippen LogP contribution in [0.5, 0.6) is 5.75 Å². The van der Waals surface area contributed by atoms with Gasteiger partial charge in [-0.1, -0.05) is 50.1 Å². The minimum atomic E-state index is -1.14. The first kappa shape index (κ1) is 24.1. The number of unbranched alkanes of at least 4 members (excludes halogenated alkanes) is 2. The van der Waals surface area contributed by atoms with E-state index in [0.29, 0.717) is 23.5 Å². The number of halogens is 2. The molecule has 7 heteroatoms. The fourth-order valence-corrected chi connectivity index (χ4v) is 4.11. The Labute approximate surface area is 202 Å². The maximum atomic E-state index is 14.7. The highest BCUT2D eigenvalue weighted by Gasteiger charge is 2.47. The standard InChI is InChI=1S/C28H25F2NO4/c1-2-3-7-16-35-21-13-10-19(11-14-21)26(32)24-25(18-8-5-4-6-9-18)31(28(34)27(24)33)23-17-20(29)12-15-22(23)30/h4-6,8-15,17,25,32H,2-3,7,16H2,1H3/b26-24+. The van der Waals surface area contributed by atoms with Gasteiger partial charge in [0.2, 0.25) is 0 Å². The van der Waals surface area contributed by atoms with E-state index < -0.39 is 35.1 Å². The highest BCUT2D eigenvalue weighted by atomic mass is 19.1. The normalized spacial score (nSPS) is 17.1. The topological polar surface area (TPSA) is 66.8 Å². The number of amides is 1. The minimum absolute atomic E-state index is 0.207. The molecule has 1 heterocycles. The van der Waals surface area contributed by atoms with Crippen LogP contribution in [0.4, 0.5) is 14.5 Å². The van der Waals surface area contributed by atoms with Gasteiger partial charge in [0.15, 0.2) is 0 Å². The molecule has 0 spiro atoms. The summed E-state index contributed by atoms with van der Waals surface area (Å²) >= 11 is 0. The van der Waals surface area contributed by atoms with E-state index in [0.717, 1.165) is 42.4 Å². The highest BCUT2D eigenvalue weighted by Crippen LogP contribution is 2.43. The van der Waals surface area contributed by atoms with Gasteiger partial charge in [0.05, 0.1) is 23.9 Å². The molecule has 0 aromatic heterocycles. The third-order valence-corrected chi connectivity index (χ3v) is 5.87. The molecule has 4 rings (SSSR count). The van der Waals surface area contributed by atoms with E-state index in [1.807, 2.05) is 0 Å². The molecule has 3 aromatic carbocycles. The van der Waals surface area contributed by atoms with Gasteiger partial charge in [0.1, 0.15) is 23.1 Å². The number of anilines is 1. The lowest BCUT2D eigenvalue weighted by atomic mass is 9.95. The molecule has 1 atom stereocenters. The van der Waals surface area contributed by atoms with Crippen molar-refractivity contribution in [3.05, 3.63) is 101 Å². The quantitative estimate of drug-likeness (QED) is 0.183. The summed E-state index contributed by atoms with van der Waals surface area (Å²) in [6.45, 7) is 2.67. The Hall–Kier alpha value is -4.00. The van der Waals surface area contributed by atoms with Crippen molar-refractivity contribution in [2.75, 3.05) is 11.5 Å². The number of ether oxygens (including phenoxy) is 1. The molecular weight excluding hydrogens is 452 g/mol. The fraction of sp³-hybridized carbons (Fsp3) is 0.214. The van der Waals surface area contributed by atoms with Gasteiger partial charge in [-0.05, 0) is 48.4 Å². The van der Waals surface area contributed by atoms with Crippen molar-refractivity contribution in [1.82, 2.24) is 0 Å². The zero-order chi connectivity index (χ0) is 24.9. The number of hydrogen-bond acceptors (Lipinski definition) is 4. The number of carbonyl (C=O) groups is 2. The summed E-state index contributed by atoms with van der Waals surface area (Å²) in [5, 5.41) is 11.1. The summed E-state index contributed by atoms with van der Waals surface area (Å²) in [5.74, 6) is -3.46. The van der Waals surface area contributed by atoms with E-state index in [9.17, 15) is 23.5 Å². The van der Waals surface area contributed by atoms with E-state index in [1.54, 1.807) is 54.6 Å². The highest BCUT2D eigenvalue weighted by molar-refractivity contribution is 6.51. The molecule has 5 nitrogen and oxygen atoms in total. The Morgan fingerprint density at radius 1 is 0.971 bits per heavy atom. The summed E-state index contributed by atoms with van der Waals surface area (Å²) in [4.78, 5) is 27.0. The van der Waals surface area contributed by atoms with Crippen molar-refractivity contribution < 1.29 is 28.2 Å². The molecule has 1 saturated heterocycles. The number of aliphatic hydroxyl groups is 1. The number of ketones is 1. The van der Waals surface area contributed by atoms with Crippen molar-refractivity contribution in [2.45, 2.75) is 32.2 Å². The van der Waals surface area contributed by atoms with Crippen LogP contribution in [0.15, 0.2) is 78.4 Å². The van der Waals surface area contributed by atoms with Crippen LogP contribution in [-0.4, -0.2) is 23.4 Å². The van der Waals surface area contributed by atoms with Crippen LogP contribution in [0.1, 0.15) is 43.4 Å². The van der Waals surface area contributed by atoms with Crippen molar-refractivity contribution in [3.8, 4) is 5.75 Å². The predicted octanol–water partition coefficient (Wildman–Crippen LogP) is 6.16. The van der Waals surface area contributed by atoms with Crippen LogP contribution in [0.25, 0.3) is 5.76 Å². The monoisotopic (exact) mass is 477 g/mol. The molecule has 1 aliphatic rings. The lowest BCUT2D eigenvalue weighted by molar-refractivity contribution is -0.132. The molecule has 1 unspecified atom stereocenters. The summed E-state index contributed by atoms with van der Waals surface area (Å²) < 4.78 is 34.4. The Balaban J connectivity index is 1.77. The first-order chi connectivity index (χ1) is 16.9. The van der Waals surface area contributed by atoms with Crippen LogP contribution in [0.3, 0.4) is 0 Å². The molecule has 0 radical (unpaired) electrons. The second kappa shape index (κ2) is 10.5. The third kappa shape index (κ3) is 4.94. The maximum absolute atomic E-state index is 14.7. The molecule has 35 heavy (non-hydrogen) atoms. The van der Waals surface area contributed by atoms with E-state index in [-0.39, 0.29) is 11.3 Å². The van der Waals surface area contributed by atoms with Gasteiger partial charge in [-0.3, -0.25) is 14.5 Å². The molecule has 1 aliphatic heterocycles. The average molecular weight is 478 g/mol. The van der Waals surface area contributed by atoms with Gasteiger partial charge in [-0.15, -0.1) is 0 Å². The number of hydrogen-bond donors (Lipinski definition) is 1. The molecule has 1 amide bonds. The predicted molar refractivity (Wildman–Crippen MR) is 129 cm³/mol. The van der Waals surface area contributed by atoms with E-state index >= 15 is 0 Å². The maximum Gasteiger partial charge on any atom is 0.300 e. The van der Waals surface area contributed by atoms with Crippen LogP contribution in [-0.2, 0) is 9.59 Å². The van der Waals surface area contributed by atoms with Gasteiger partial charge in [0.25, 0.3) is 11.7 Å². The van der Waals surface area contributed by atoms with Crippen LogP contribution in [0.2, 0.25) is 0 Å². The summed E-state index contributed by atoms with van der Waals surface area (Å²) in [6, 6.07) is 16.5. The fourth-order valence-electron chi connectivity index (χ4n) is 4.11. The van der Waals surface area contributed by atoms with Crippen LogP contribution in [0, 0.1) is 11.6 Å². The van der Waals surface area contributed by atoms with Crippen LogP contribution < -0.4 is 9.64 Å². The summed E-state index contributed by atoms with van der Waals surface area (Å²) in [6.07, 6.45) is 3.06. The Morgan fingerprint density at radius 2 is 1.69 bits per heavy atom. The van der Waals surface area contributed by atoms with Gasteiger partial charge >= 0.3 is 0 Å².